The van der Waals surface area contributed by atoms with Crippen molar-refractivity contribution in [3.05, 3.63) is 60.7 Å². The minimum Gasteiger partial charge on any atom is -0.352 e. The highest BCUT2D eigenvalue weighted by Gasteiger charge is 2.18. The molecule has 0 aliphatic carbocycles. The van der Waals surface area contributed by atoms with Gasteiger partial charge in [-0.15, -0.1) is 0 Å². The third-order valence-electron chi connectivity index (χ3n) is 5.33. The third-order valence-corrected chi connectivity index (χ3v) is 5.33. The number of nitrogens with zero attached hydrogens (tertiary/aromatic N) is 2. The van der Waals surface area contributed by atoms with Gasteiger partial charge < -0.3 is 14.3 Å². The topological polar surface area (TPSA) is 46.2 Å². The molecule has 1 N–H and O–H groups in total. The molecule has 1 rings (SSSR count). The Hall–Kier alpha value is -2.24. The molecule has 0 aliphatic heterocycles. The number of hydrogen-bond acceptors (Lipinski definition) is 2. The summed E-state index contributed by atoms with van der Waals surface area (Å²) >= 11 is 0. The van der Waals surface area contributed by atoms with Crippen molar-refractivity contribution in [2.75, 3.05) is 47.8 Å². The number of ketones is 1. The van der Waals surface area contributed by atoms with Crippen LogP contribution in [0.1, 0.15) is 36.8 Å². The number of hydrogen-bond donors (Lipinski definition) is 1. The number of carbonyl (C=O) groups is 2. The fourth-order valence-corrected chi connectivity index (χ4v) is 3.63. The van der Waals surface area contributed by atoms with Crippen LogP contribution in [0.2, 0.25) is 0 Å². The molecule has 1 aromatic carbocycles. The molecule has 5 nitrogen and oxygen atoms in total. The van der Waals surface area contributed by atoms with Crippen LogP contribution in [0.15, 0.2) is 49.6 Å². The third kappa shape index (κ3) is 11.1. The largest absolute Gasteiger partial charge is 0.352 e. The number of amides is 1. The second kappa shape index (κ2) is 12.5. The van der Waals surface area contributed by atoms with Crippen LogP contribution >= 0.6 is 0 Å². The lowest BCUT2D eigenvalue weighted by Gasteiger charge is -2.31. The molecule has 5 heteroatoms. The molecule has 0 aromatic heterocycles. The molecule has 1 amide bonds. The van der Waals surface area contributed by atoms with Crippen LogP contribution in [0.3, 0.4) is 0 Å². The monoisotopic (exact) mass is 415 g/mol. The maximum atomic E-state index is 11.3. The van der Waals surface area contributed by atoms with Gasteiger partial charge in [0.25, 0.3) is 0 Å². The number of carbonyl (C=O) groups excluding carboxylic acids is 2. The van der Waals surface area contributed by atoms with E-state index in [-0.39, 0.29) is 11.7 Å². The summed E-state index contributed by atoms with van der Waals surface area (Å²) in [7, 11) is 8.93. The van der Waals surface area contributed by atoms with Gasteiger partial charge in [-0.2, -0.15) is 0 Å². The fraction of sp³-hybridized carbons (Fsp3) is 0.520. The van der Waals surface area contributed by atoms with Crippen molar-refractivity contribution in [3.8, 4) is 0 Å². The Labute approximate surface area is 183 Å². The highest BCUT2D eigenvalue weighted by Crippen LogP contribution is 2.15. The summed E-state index contributed by atoms with van der Waals surface area (Å²) in [6.07, 6.45) is 6.24. The number of quaternary nitrogens is 2. The Bertz CT molecular complexity index is 645. The summed E-state index contributed by atoms with van der Waals surface area (Å²) in [5, 5.41) is 2.83. The number of allylic oxidation sites excluding steroid dienone is 1. The van der Waals surface area contributed by atoms with Crippen molar-refractivity contribution in [2.24, 2.45) is 0 Å². The zero-order valence-electron chi connectivity index (χ0n) is 19.5. The molecule has 0 saturated heterocycles. The van der Waals surface area contributed by atoms with Gasteiger partial charge >= 0.3 is 0 Å². The number of benzene rings is 1. The SMILES string of the molecule is C=CC(=O)CCCC[N+](C)(C)Cc1ccc(C[N+](C)(C)CCCNC(=O)C=C)cc1. The van der Waals surface area contributed by atoms with Gasteiger partial charge in [0.15, 0.2) is 5.78 Å². The van der Waals surface area contributed by atoms with E-state index in [4.69, 9.17) is 0 Å². The summed E-state index contributed by atoms with van der Waals surface area (Å²) in [5.74, 6) is 0.0289. The molecule has 0 spiro atoms. The van der Waals surface area contributed by atoms with E-state index >= 15 is 0 Å². The van der Waals surface area contributed by atoms with Crippen LogP contribution in [0.5, 0.6) is 0 Å². The van der Waals surface area contributed by atoms with Crippen LogP contribution in [0.4, 0.5) is 0 Å². The normalized spacial score (nSPS) is 11.7. The van der Waals surface area contributed by atoms with Gasteiger partial charge in [0.2, 0.25) is 5.91 Å². The van der Waals surface area contributed by atoms with Crippen LogP contribution in [-0.4, -0.2) is 68.5 Å². The van der Waals surface area contributed by atoms with E-state index in [0.29, 0.717) is 13.0 Å². The van der Waals surface area contributed by atoms with E-state index in [1.54, 1.807) is 0 Å². The van der Waals surface area contributed by atoms with Gasteiger partial charge in [-0.25, -0.2) is 0 Å². The average molecular weight is 416 g/mol. The lowest BCUT2D eigenvalue weighted by Crippen LogP contribution is -2.41. The Morgan fingerprint density at radius 3 is 1.80 bits per heavy atom. The fourth-order valence-electron chi connectivity index (χ4n) is 3.63. The Kier molecular flexibility index (Phi) is 10.7. The Morgan fingerprint density at radius 1 is 0.833 bits per heavy atom. The van der Waals surface area contributed by atoms with Gasteiger partial charge in [-0.3, -0.25) is 9.59 Å². The minimum atomic E-state index is -0.109. The first-order chi connectivity index (χ1) is 14.1. The summed E-state index contributed by atoms with van der Waals surface area (Å²) < 4.78 is 1.80. The van der Waals surface area contributed by atoms with E-state index in [9.17, 15) is 9.59 Å². The predicted octanol–water partition coefficient (Wildman–Crippen LogP) is 3.46. The number of unbranched alkanes of at least 4 members (excludes halogenated alkanes) is 1. The second-order valence-electron chi connectivity index (χ2n) is 9.43. The molecule has 0 bridgehead atoms. The van der Waals surface area contributed by atoms with Crippen LogP contribution in [-0.2, 0) is 22.7 Å². The first-order valence-electron chi connectivity index (χ1n) is 10.8. The lowest BCUT2D eigenvalue weighted by atomic mass is 10.1. The maximum Gasteiger partial charge on any atom is 0.243 e. The van der Waals surface area contributed by atoms with Gasteiger partial charge in [0, 0.05) is 30.5 Å². The van der Waals surface area contributed by atoms with Crippen molar-refractivity contribution in [2.45, 2.75) is 38.8 Å². The summed E-state index contributed by atoms with van der Waals surface area (Å²) in [4.78, 5) is 22.5. The van der Waals surface area contributed by atoms with Crippen LogP contribution in [0, 0.1) is 0 Å². The molecule has 0 fully saturated rings. The standard InChI is InChI=1S/C25H40N3O2/c1-7-24(29)12-9-10-18-27(3,4)20-22-13-15-23(16-14-22)21-28(5,6)19-11-17-26-25(30)8-2/h7-8,13-16H,1-2,9-12,17-21H2,3-6H3/q+1/p+1. The van der Waals surface area contributed by atoms with Crippen LogP contribution in [0.25, 0.3) is 0 Å². The van der Waals surface area contributed by atoms with Gasteiger partial charge in [0.05, 0.1) is 41.3 Å². The molecule has 30 heavy (non-hydrogen) atoms. The van der Waals surface area contributed by atoms with E-state index in [0.717, 1.165) is 54.4 Å². The van der Waals surface area contributed by atoms with E-state index in [2.05, 4.69) is 70.9 Å². The molecular weight excluding hydrogens is 374 g/mol. The van der Waals surface area contributed by atoms with E-state index < -0.39 is 0 Å². The molecule has 0 heterocycles. The van der Waals surface area contributed by atoms with Crippen LogP contribution < -0.4 is 5.32 Å². The summed E-state index contributed by atoms with van der Waals surface area (Å²) in [6, 6.07) is 8.94. The summed E-state index contributed by atoms with van der Waals surface area (Å²) in [6.45, 7) is 11.7. The smallest absolute Gasteiger partial charge is 0.243 e. The highest BCUT2D eigenvalue weighted by molar-refractivity contribution is 5.88. The van der Waals surface area contributed by atoms with E-state index in [1.165, 1.54) is 23.3 Å². The molecule has 0 radical (unpaired) electrons. The highest BCUT2D eigenvalue weighted by atomic mass is 16.1. The molecule has 0 unspecified atom stereocenters. The molecular formula is C25H41N3O2+2. The predicted molar refractivity (Wildman–Crippen MR) is 125 cm³/mol. The molecule has 0 saturated carbocycles. The summed E-state index contributed by atoms with van der Waals surface area (Å²) in [5.41, 5.74) is 2.66. The van der Waals surface area contributed by atoms with Crippen molar-refractivity contribution >= 4 is 11.7 Å². The Balaban J connectivity index is 2.45. The quantitative estimate of drug-likeness (QED) is 0.271. The first-order valence-corrected chi connectivity index (χ1v) is 10.8. The molecule has 0 atom stereocenters. The zero-order valence-corrected chi connectivity index (χ0v) is 19.5. The molecule has 166 valence electrons. The first kappa shape index (κ1) is 25.8. The van der Waals surface area contributed by atoms with Gasteiger partial charge in [-0.05, 0) is 25.0 Å². The minimum absolute atomic E-state index is 0.109. The van der Waals surface area contributed by atoms with Crippen molar-refractivity contribution in [1.82, 2.24) is 5.32 Å². The molecule has 1 aromatic rings. The van der Waals surface area contributed by atoms with Gasteiger partial charge in [-0.1, -0.05) is 37.4 Å². The van der Waals surface area contributed by atoms with E-state index in [1.807, 2.05) is 0 Å². The number of rotatable bonds is 15. The van der Waals surface area contributed by atoms with Crippen molar-refractivity contribution < 1.29 is 18.6 Å². The lowest BCUT2D eigenvalue weighted by molar-refractivity contribution is -0.904. The van der Waals surface area contributed by atoms with Crippen molar-refractivity contribution in [1.29, 1.82) is 0 Å². The zero-order chi connectivity index (χ0) is 22.6. The van der Waals surface area contributed by atoms with Crippen molar-refractivity contribution in [3.63, 3.8) is 0 Å². The second-order valence-corrected chi connectivity index (χ2v) is 9.43. The Morgan fingerprint density at radius 2 is 1.33 bits per heavy atom. The molecule has 0 aliphatic rings. The van der Waals surface area contributed by atoms with Gasteiger partial charge in [0.1, 0.15) is 13.1 Å². The number of nitrogens with one attached hydrogen (secondary N) is 1. The maximum absolute atomic E-state index is 11.3. The average Bonchev–Trinajstić information content (AvgIpc) is 2.69.